The fourth-order valence-corrected chi connectivity index (χ4v) is 1.81. The molecule has 2 aromatic rings. The van der Waals surface area contributed by atoms with Crippen LogP contribution in [0.25, 0.3) is 0 Å². The molecule has 100 valence electrons. The Morgan fingerprint density at radius 2 is 1.42 bits per heavy atom. The Kier molecular flexibility index (Phi) is 4.81. The van der Waals surface area contributed by atoms with Gasteiger partial charge in [0, 0.05) is 0 Å². The third kappa shape index (κ3) is 4.00. The summed E-state index contributed by atoms with van der Waals surface area (Å²) in [6.07, 6.45) is 0.902. The Hall–Kier alpha value is -2.00. The van der Waals surface area contributed by atoms with Crippen LogP contribution in [0, 0.1) is 0 Å². The van der Waals surface area contributed by atoms with Crippen LogP contribution in [0.4, 0.5) is 0 Å². The van der Waals surface area contributed by atoms with Crippen LogP contribution in [0.15, 0.2) is 48.5 Å². The largest absolute Gasteiger partial charge is 0.497 e. The minimum absolute atomic E-state index is 0.556. The second kappa shape index (κ2) is 6.81. The van der Waals surface area contributed by atoms with E-state index < -0.39 is 0 Å². The van der Waals surface area contributed by atoms with Crippen LogP contribution in [0.5, 0.6) is 11.5 Å². The predicted octanol–water partition coefficient (Wildman–Crippen LogP) is 2.78. The molecule has 3 nitrogen and oxygen atoms in total. The van der Waals surface area contributed by atoms with Crippen molar-refractivity contribution in [2.75, 3.05) is 13.7 Å². The van der Waals surface area contributed by atoms with E-state index in [2.05, 4.69) is 12.1 Å². The molecule has 0 saturated carbocycles. The molecular formula is C16H19NO2. The smallest absolute Gasteiger partial charge is 0.119 e. The summed E-state index contributed by atoms with van der Waals surface area (Å²) in [5, 5.41) is 0. The van der Waals surface area contributed by atoms with Crippen LogP contribution in [-0.2, 0) is 13.0 Å². The van der Waals surface area contributed by atoms with Crippen molar-refractivity contribution in [1.29, 1.82) is 0 Å². The van der Waals surface area contributed by atoms with Crippen molar-refractivity contribution >= 4 is 0 Å². The number of hydrogen-bond donors (Lipinski definition) is 1. The molecule has 0 radical (unpaired) electrons. The lowest BCUT2D eigenvalue weighted by molar-refractivity contribution is 0.306. The van der Waals surface area contributed by atoms with E-state index in [9.17, 15) is 0 Å². The van der Waals surface area contributed by atoms with E-state index in [4.69, 9.17) is 15.2 Å². The molecule has 0 aromatic heterocycles. The second-order valence-electron chi connectivity index (χ2n) is 4.32. The fraction of sp³-hybridized carbons (Fsp3) is 0.250. The highest BCUT2D eigenvalue weighted by atomic mass is 16.5. The zero-order valence-corrected chi connectivity index (χ0v) is 11.1. The maximum absolute atomic E-state index is 5.73. The number of nitrogens with two attached hydrogens (primary N) is 1. The molecular weight excluding hydrogens is 238 g/mol. The Labute approximate surface area is 114 Å². The van der Waals surface area contributed by atoms with Gasteiger partial charge < -0.3 is 15.2 Å². The van der Waals surface area contributed by atoms with Crippen LogP contribution in [0.2, 0.25) is 0 Å². The fourth-order valence-electron chi connectivity index (χ4n) is 1.81. The van der Waals surface area contributed by atoms with E-state index in [1.54, 1.807) is 7.11 Å². The summed E-state index contributed by atoms with van der Waals surface area (Å²) in [5.41, 5.74) is 7.87. The van der Waals surface area contributed by atoms with E-state index in [0.717, 1.165) is 23.5 Å². The van der Waals surface area contributed by atoms with E-state index in [1.807, 2.05) is 36.4 Å². The Bertz CT molecular complexity index is 491. The Morgan fingerprint density at radius 3 is 2.00 bits per heavy atom. The van der Waals surface area contributed by atoms with Gasteiger partial charge in [-0.1, -0.05) is 24.3 Å². The maximum atomic E-state index is 5.73. The lowest BCUT2D eigenvalue weighted by atomic mass is 10.1. The van der Waals surface area contributed by atoms with Gasteiger partial charge in [-0.2, -0.15) is 0 Å². The van der Waals surface area contributed by atoms with Crippen LogP contribution >= 0.6 is 0 Å². The van der Waals surface area contributed by atoms with Crippen molar-refractivity contribution in [3.8, 4) is 11.5 Å². The molecule has 2 rings (SSSR count). The lowest BCUT2D eigenvalue weighted by Gasteiger charge is -2.08. The lowest BCUT2D eigenvalue weighted by Crippen LogP contribution is -2.02. The minimum Gasteiger partial charge on any atom is -0.497 e. The van der Waals surface area contributed by atoms with Gasteiger partial charge in [-0.15, -0.1) is 0 Å². The number of methoxy groups -OCH3 is 1. The van der Waals surface area contributed by atoms with Gasteiger partial charge in [-0.3, -0.25) is 0 Å². The molecule has 0 unspecified atom stereocenters. The SMILES string of the molecule is COc1ccc(COc2ccc(CCN)cc2)cc1. The summed E-state index contributed by atoms with van der Waals surface area (Å²) in [6, 6.07) is 15.9. The van der Waals surface area contributed by atoms with Gasteiger partial charge in [-0.25, -0.2) is 0 Å². The molecule has 0 saturated heterocycles. The zero-order valence-electron chi connectivity index (χ0n) is 11.1. The highest BCUT2D eigenvalue weighted by Crippen LogP contribution is 2.16. The van der Waals surface area contributed by atoms with Crippen LogP contribution in [0.3, 0.4) is 0 Å². The first-order valence-corrected chi connectivity index (χ1v) is 6.36. The van der Waals surface area contributed by atoms with Gasteiger partial charge in [-0.05, 0) is 48.4 Å². The van der Waals surface area contributed by atoms with Gasteiger partial charge in [0.05, 0.1) is 7.11 Å². The minimum atomic E-state index is 0.556. The van der Waals surface area contributed by atoms with E-state index in [1.165, 1.54) is 5.56 Å². The third-order valence-electron chi connectivity index (χ3n) is 2.92. The number of benzene rings is 2. The first kappa shape index (κ1) is 13.4. The van der Waals surface area contributed by atoms with Gasteiger partial charge in [0.25, 0.3) is 0 Å². The van der Waals surface area contributed by atoms with Gasteiger partial charge in [0.1, 0.15) is 18.1 Å². The van der Waals surface area contributed by atoms with Crippen LogP contribution in [-0.4, -0.2) is 13.7 Å². The highest BCUT2D eigenvalue weighted by Gasteiger charge is 1.98. The summed E-state index contributed by atoms with van der Waals surface area (Å²) in [6.45, 7) is 1.23. The van der Waals surface area contributed by atoms with Crippen molar-refractivity contribution in [2.24, 2.45) is 5.73 Å². The van der Waals surface area contributed by atoms with Crippen molar-refractivity contribution in [1.82, 2.24) is 0 Å². The Balaban J connectivity index is 1.90. The molecule has 0 heterocycles. The first-order chi connectivity index (χ1) is 9.31. The topological polar surface area (TPSA) is 44.5 Å². The highest BCUT2D eigenvalue weighted by molar-refractivity contribution is 5.29. The molecule has 0 bridgehead atoms. The molecule has 0 aliphatic heterocycles. The summed E-state index contributed by atoms with van der Waals surface area (Å²) in [5.74, 6) is 1.73. The summed E-state index contributed by atoms with van der Waals surface area (Å²) in [7, 11) is 1.66. The average Bonchev–Trinajstić information content (AvgIpc) is 2.47. The Morgan fingerprint density at radius 1 is 0.842 bits per heavy atom. The van der Waals surface area contributed by atoms with Gasteiger partial charge in [0.2, 0.25) is 0 Å². The second-order valence-corrected chi connectivity index (χ2v) is 4.32. The van der Waals surface area contributed by atoms with Crippen molar-refractivity contribution in [3.05, 3.63) is 59.7 Å². The van der Waals surface area contributed by atoms with E-state index in [0.29, 0.717) is 13.2 Å². The molecule has 2 N–H and O–H groups in total. The molecule has 0 atom stereocenters. The van der Waals surface area contributed by atoms with Gasteiger partial charge in [0.15, 0.2) is 0 Å². The van der Waals surface area contributed by atoms with Crippen LogP contribution in [0.1, 0.15) is 11.1 Å². The predicted molar refractivity (Wildman–Crippen MR) is 76.5 cm³/mol. The number of ether oxygens (including phenoxy) is 2. The summed E-state index contributed by atoms with van der Waals surface area (Å²) in [4.78, 5) is 0. The monoisotopic (exact) mass is 257 g/mol. The number of hydrogen-bond acceptors (Lipinski definition) is 3. The molecule has 3 heteroatoms. The summed E-state index contributed by atoms with van der Waals surface area (Å²) >= 11 is 0. The molecule has 0 amide bonds. The van der Waals surface area contributed by atoms with E-state index >= 15 is 0 Å². The average molecular weight is 257 g/mol. The molecule has 19 heavy (non-hydrogen) atoms. The summed E-state index contributed by atoms with van der Waals surface area (Å²) < 4.78 is 10.8. The molecule has 2 aromatic carbocycles. The van der Waals surface area contributed by atoms with Gasteiger partial charge >= 0.3 is 0 Å². The molecule has 0 aliphatic carbocycles. The standard InChI is InChI=1S/C16H19NO2/c1-18-15-6-4-14(5-7-15)12-19-16-8-2-13(3-9-16)10-11-17/h2-9H,10-12,17H2,1H3. The van der Waals surface area contributed by atoms with Crippen LogP contribution < -0.4 is 15.2 Å². The molecule has 0 aliphatic rings. The number of rotatable bonds is 6. The first-order valence-electron chi connectivity index (χ1n) is 6.36. The quantitative estimate of drug-likeness (QED) is 0.865. The van der Waals surface area contributed by atoms with E-state index in [-0.39, 0.29) is 0 Å². The van der Waals surface area contributed by atoms with Crippen molar-refractivity contribution < 1.29 is 9.47 Å². The molecule has 0 spiro atoms. The third-order valence-corrected chi connectivity index (χ3v) is 2.92. The molecule has 0 fully saturated rings. The van der Waals surface area contributed by atoms with Crippen molar-refractivity contribution in [2.45, 2.75) is 13.0 Å². The normalized spacial score (nSPS) is 10.2. The zero-order chi connectivity index (χ0) is 13.5. The van der Waals surface area contributed by atoms with Crippen molar-refractivity contribution in [3.63, 3.8) is 0 Å². The maximum Gasteiger partial charge on any atom is 0.119 e.